The van der Waals surface area contributed by atoms with Gasteiger partial charge in [0.05, 0.1) is 5.56 Å². The van der Waals surface area contributed by atoms with Gasteiger partial charge in [-0.3, -0.25) is 0 Å². The quantitative estimate of drug-likeness (QED) is 0.476. The molecule has 0 spiro atoms. The highest BCUT2D eigenvalue weighted by atomic mass is 19.4. The fraction of sp³-hybridized carbons (Fsp3) is 0.160. The number of carboxylic acid groups (broad SMARTS) is 1. The molecule has 0 aliphatic heterocycles. The second kappa shape index (κ2) is 9.51. The van der Waals surface area contributed by atoms with Gasteiger partial charge in [0.2, 0.25) is 0 Å². The zero-order chi connectivity index (χ0) is 22.4. The van der Waals surface area contributed by atoms with Crippen LogP contribution < -0.4 is 4.74 Å². The third-order valence-electron chi connectivity index (χ3n) is 4.71. The van der Waals surface area contributed by atoms with Crippen molar-refractivity contribution in [3.63, 3.8) is 0 Å². The Kier molecular flexibility index (Phi) is 6.80. The van der Waals surface area contributed by atoms with Crippen LogP contribution >= 0.6 is 0 Å². The Morgan fingerprint density at radius 1 is 0.968 bits per heavy atom. The number of rotatable bonds is 7. The molecule has 0 aromatic heterocycles. The molecule has 3 aromatic carbocycles. The zero-order valence-electron chi connectivity index (χ0n) is 16.8. The van der Waals surface area contributed by atoms with Crippen molar-refractivity contribution in [1.82, 2.24) is 0 Å². The lowest BCUT2D eigenvalue weighted by atomic mass is 10.0. The number of halogens is 3. The second-order valence-electron chi connectivity index (χ2n) is 7.09. The van der Waals surface area contributed by atoms with Crippen molar-refractivity contribution in [3.05, 3.63) is 95.1 Å². The highest BCUT2D eigenvalue weighted by molar-refractivity contribution is 5.68. The van der Waals surface area contributed by atoms with E-state index in [9.17, 15) is 18.0 Å². The van der Waals surface area contributed by atoms with E-state index < -0.39 is 17.7 Å². The predicted molar refractivity (Wildman–Crippen MR) is 114 cm³/mol. The SMILES string of the molecule is Cc1cc(C=CCc2ccc(-c3ccc(C(F)(F)F)cc3)cc2)ccc1OCC(=O)O. The van der Waals surface area contributed by atoms with Gasteiger partial charge in [0.1, 0.15) is 5.75 Å². The van der Waals surface area contributed by atoms with Gasteiger partial charge in [0, 0.05) is 0 Å². The molecule has 160 valence electrons. The van der Waals surface area contributed by atoms with Crippen LogP contribution in [0.4, 0.5) is 13.2 Å². The van der Waals surface area contributed by atoms with Gasteiger partial charge in [0.15, 0.2) is 6.61 Å². The van der Waals surface area contributed by atoms with Crippen molar-refractivity contribution < 1.29 is 27.8 Å². The first-order chi connectivity index (χ1) is 14.7. The lowest BCUT2D eigenvalue weighted by Crippen LogP contribution is -2.10. The van der Waals surface area contributed by atoms with Crippen molar-refractivity contribution in [3.8, 4) is 16.9 Å². The van der Waals surface area contributed by atoms with Crippen LogP contribution in [-0.4, -0.2) is 17.7 Å². The van der Waals surface area contributed by atoms with Crippen LogP contribution in [0.5, 0.6) is 5.75 Å². The highest BCUT2D eigenvalue weighted by Crippen LogP contribution is 2.31. The maximum Gasteiger partial charge on any atom is 0.416 e. The molecule has 31 heavy (non-hydrogen) atoms. The number of aliphatic carboxylic acids is 1. The van der Waals surface area contributed by atoms with Crippen molar-refractivity contribution in [2.45, 2.75) is 19.5 Å². The number of benzene rings is 3. The summed E-state index contributed by atoms with van der Waals surface area (Å²) in [6, 6.07) is 18.3. The second-order valence-corrected chi connectivity index (χ2v) is 7.09. The topological polar surface area (TPSA) is 46.5 Å². The fourth-order valence-electron chi connectivity index (χ4n) is 3.09. The number of ether oxygens (including phenoxy) is 1. The summed E-state index contributed by atoms with van der Waals surface area (Å²) in [7, 11) is 0. The number of allylic oxidation sites excluding steroid dienone is 1. The van der Waals surface area contributed by atoms with Gasteiger partial charge in [-0.05, 0) is 65.4 Å². The molecular weight excluding hydrogens is 405 g/mol. The van der Waals surface area contributed by atoms with Crippen LogP contribution in [0.1, 0.15) is 22.3 Å². The minimum atomic E-state index is -4.33. The summed E-state index contributed by atoms with van der Waals surface area (Å²) < 4.78 is 43.3. The van der Waals surface area contributed by atoms with E-state index in [0.29, 0.717) is 12.2 Å². The number of carbonyl (C=O) groups is 1. The first kappa shape index (κ1) is 22.2. The Bertz CT molecular complexity index is 1070. The molecule has 0 amide bonds. The average molecular weight is 426 g/mol. The van der Waals surface area contributed by atoms with Gasteiger partial charge >= 0.3 is 12.1 Å². The van der Waals surface area contributed by atoms with Crippen LogP contribution in [0.15, 0.2) is 72.8 Å². The van der Waals surface area contributed by atoms with E-state index >= 15 is 0 Å². The Labute approximate surface area is 178 Å². The molecule has 3 aromatic rings. The van der Waals surface area contributed by atoms with Gasteiger partial charge in [0.25, 0.3) is 0 Å². The third-order valence-corrected chi connectivity index (χ3v) is 4.71. The van der Waals surface area contributed by atoms with E-state index in [4.69, 9.17) is 9.84 Å². The first-order valence-corrected chi connectivity index (χ1v) is 9.61. The average Bonchev–Trinajstić information content (AvgIpc) is 2.73. The van der Waals surface area contributed by atoms with E-state index in [1.807, 2.05) is 55.5 Å². The molecule has 0 unspecified atom stereocenters. The Hall–Kier alpha value is -3.54. The maximum absolute atomic E-state index is 12.7. The van der Waals surface area contributed by atoms with Gasteiger partial charge in [-0.2, -0.15) is 13.2 Å². The molecule has 0 bridgehead atoms. The van der Waals surface area contributed by atoms with E-state index in [1.165, 1.54) is 12.1 Å². The fourth-order valence-corrected chi connectivity index (χ4v) is 3.09. The van der Waals surface area contributed by atoms with Gasteiger partial charge in [-0.25, -0.2) is 4.79 Å². The summed E-state index contributed by atoms with van der Waals surface area (Å²) in [6.07, 6.45) is 0.347. The van der Waals surface area contributed by atoms with Gasteiger partial charge < -0.3 is 9.84 Å². The molecule has 1 N–H and O–H groups in total. The van der Waals surface area contributed by atoms with Crippen molar-refractivity contribution >= 4 is 12.0 Å². The number of hydrogen-bond donors (Lipinski definition) is 1. The standard InChI is InChI=1S/C25H21F3O3/c1-17-15-19(7-14-23(17)31-16-24(29)30)4-2-3-18-5-8-20(9-6-18)21-10-12-22(13-11-21)25(26,27)28/h2,4-15H,3,16H2,1H3,(H,29,30). The largest absolute Gasteiger partial charge is 0.482 e. The molecule has 0 radical (unpaired) electrons. The lowest BCUT2D eigenvalue weighted by Gasteiger charge is -2.08. The molecule has 0 saturated carbocycles. The number of aryl methyl sites for hydroxylation is 1. The zero-order valence-corrected chi connectivity index (χ0v) is 16.8. The molecule has 0 aliphatic rings. The smallest absolute Gasteiger partial charge is 0.416 e. The summed E-state index contributed by atoms with van der Waals surface area (Å²) >= 11 is 0. The van der Waals surface area contributed by atoms with E-state index in [-0.39, 0.29) is 6.61 Å². The summed E-state index contributed by atoms with van der Waals surface area (Å²) in [5, 5.41) is 8.69. The van der Waals surface area contributed by atoms with Crippen molar-refractivity contribution in [2.75, 3.05) is 6.61 Å². The molecule has 3 nitrogen and oxygen atoms in total. The third kappa shape index (κ3) is 6.22. The van der Waals surface area contributed by atoms with Crippen LogP contribution in [0.2, 0.25) is 0 Å². The minimum absolute atomic E-state index is 0.376. The monoisotopic (exact) mass is 426 g/mol. The van der Waals surface area contributed by atoms with E-state index in [1.54, 1.807) is 6.07 Å². The predicted octanol–water partition coefficient (Wildman–Crippen LogP) is 6.40. The molecule has 6 heteroatoms. The van der Waals surface area contributed by atoms with E-state index in [2.05, 4.69) is 0 Å². The van der Waals surface area contributed by atoms with Gasteiger partial charge in [-0.1, -0.05) is 54.6 Å². The molecule has 0 fully saturated rings. The summed E-state index contributed by atoms with van der Waals surface area (Å²) in [6.45, 7) is 1.48. The number of alkyl halides is 3. The molecule has 0 saturated heterocycles. The Balaban J connectivity index is 1.61. The van der Waals surface area contributed by atoms with Crippen LogP contribution in [0, 0.1) is 6.92 Å². The lowest BCUT2D eigenvalue weighted by molar-refractivity contribution is -0.139. The number of hydrogen-bond acceptors (Lipinski definition) is 2. The minimum Gasteiger partial charge on any atom is -0.482 e. The highest BCUT2D eigenvalue weighted by Gasteiger charge is 2.29. The van der Waals surface area contributed by atoms with Crippen molar-refractivity contribution in [2.24, 2.45) is 0 Å². The van der Waals surface area contributed by atoms with Crippen LogP contribution in [0.3, 0.4) is 0 Å². The Morgan fingerprint density at radius 3 is 2.13 bits per heavy atom. The van der Waals surface area contributed by atoms with Crippen molar-refractivity contribution in [1.29, 1.82) is 0 Å². The van der Waals surface area contributed by atoms with E-state index in [0.717, 1.165) is 39.9 Å². The van der Waals surface area contributed by atoms with Gasteiger partial charge in [-0.15, -0.1) is 0 Å². The summed E-state index contributed by atoms with van der Waals surface area (Å²) in [5.41, 5.74) is 3.83. The summed E-state index contributed by atoms with van der Waals surface area (Å²) in [5.74, 6) is -0.480. The van der Waals surface area contributed by atoms with Crippen LogP contribution in [-0.2, 0) is 17.4 Å². The normalized spacial score (nSPS) is 11.6. The molecule has 0 aliphatic carbocycles. The first-order valence-electron chi connectivity index (χ1n) is 9.61. The molecule has 0 heterocycles. The van der Waals surface area contributed by atoms with Crippen LogP contribution in [0.25, 0.3) is 17.2 Å². The maximum atomic E-state index is 12.7. The summed E-state index contributed by atoms with van der Waals surface area (Å²) in [4.78, 5) is 10.6. The Morgan fingerprint density at radius 2 is 1.58 bits per heavy atom. The number of carboxylic acids is 1. The molecule has 3 rings (SSSR count). The molecule has 0 atom stereocenters. The molecular formula is C25H21F3O3.